The summed E-state index contributed by atoms with van der Waals surface area (Å²) in [6.07, 6.45) is 6.32. The molecule has 140 valence electrons. The van der Waals surface area contributed by atoms with Crippen molar-refractivity contribution in [2.75, 3.05) is 11.9 Å². The second kappa shape index (κ2) is 6.10. The minimum Gasteiger partial charge on any atom is -0.362 e. The maximum atomic E-state index is 13.5. The van der Waals surface area contributed by atoms with Crippen LogP contribution in [0.2, 0.25) is 0 Å². The Balaban J connectivity index is 1.61. The van der Waals surface area contributed by atoms with E-state index in [1.807, 2.05) is 41.3 Å². The maximum absolute atomic E-state index is 13.5. The summed E-state index contributed by atoms with van der Waals surface area (Å²) in [6.45, 7) is 0.575. The highest BCUT2D eigenvalue weighted by Crippen LogP contribution is 2.54. The van der Waals surface area contributed by atoms with Crippen molar-refractivity contribution in [2.24, 2.45) is 0 Å². The lowest BCUT2D eigenvalue weighted by Crippen LogP contribution is -2.55. The molecule has 2 aromatic rings. The molecule has 4 heteroatoms. The first-order valence-corrected chi connectivity index (χ1v) is 10.1. The molecule has 1 amide bonds. The van der Waals surface area contributed by atoms with E-state index in [9.17, 15) is 9.90 Å². The number of benzene rings is 2. The van der Waals surface area contributed by atoms with Crippen molar-refractivity contribution in [1.82, 2.24) is 4.90 Å². The van der Waals surface area contributed by atoms with Gasteiger partial charge in [0.2, 0.25) is 5.72 Å². The first-order chi connectivity index (χ1) is 13.1. The van der Waals surface area contributed by atoms with E-state index in [0.29, 0.717) is 13.0 Å². The fourth-order valence-corrected chi connectivity index (χ4v) is 5.46. The highest BCUT2D eigenvalue weighted by Gasteiger charge is 2.68. The molecule has 2 aliphatic heterocycles. The van der Waals surface area contributed by atoms with Gasteiger partial charge in [0, 0.05) is 18.3 Å². The molecule has 0 radical (unpaired) electrons. The minimum absolute atomic E-state index is 0.151. The Hall–Kier alpha value is -2.33. The molecule has 27 heavy (non-hydrogen) atoms. The van der Waals surface area contributed by atoms with Gasteiger partial charge in [0.15, 0.2) is 0 Å². The van der Waals surface area contributed by atoms with E-state index in [1.54, 1.807) is 0 Å². The molecule has 1 saturated heterocycles. The van der Waals surface area contributed by atoms with Gasteiger partial charge in [0.1, 0.15) is 0 Å². The average Bonchev–Trinajstić information content (AvgIpc) is 3.08. The molecule has 4 nitrogen and oxygen atoms in total. The van der Waals surface area contributed by atoms with Crippen molar-refractivity contribution < 1.29 is 9.90 Å². The molecule has 1 saturated carbocycles. The van der Waals surface area contributed by atoms with E-state index in [1.165, 1.54) is 19.3 Å². The van der Waals surface area contributed by atoms with Crippen molar-refractivity contribution >= 4 is 11.6 Å². The van der Waals surface area contributed by atoms with Crippen LogP contribution in [0, 0.1) is 0 Å². The van der Waals surface area contributed by atoms with E-state index in [-0.39, 0.29) is 11.9 Å². The Kier molecular flexibility index (Phi) is 3.80. The number of amides is 1. The van der Waals surface area contributed by atoms with Crippen LogP contribution < -0.4 is 5.32 Å². The number of nitrogens with one attached hydrogen (secondary N) is 1. The summed E-state index contributed by atoms with van der Waals surface area (Å²) in [5.41, 5.74) is 0.868. The van der Waals surface area contributed by atoms with Gasteiger partial charge in [-0.25, -0.2) is 0 Å². The zero-order chi connectivity index (χ0) is 18.5. The third-order valence-corrected chi connectivity index (χ3v) is 6.83. The van der Waals surface area contributed by atoms with Gasteiger partial charge in [0.05, 0.1) is 5.41 Å². The van der Waals surface area contributed by atoms with E-state index >= 15 is 0 Å². The normalized spacial score (nSPS) is 30.1. The number of rotatable bonds is 3. The lowest BCUT2D eigenvalue weighted by atomic mass is 9.72. The molecule has 2 aromatic carbocycles. The largest absolute Gasteiger partial charge is 0.362 e. The van der Waals surface area contributed by atoms with Crippen LogP contribution in [0.15, 0.2) is 54.6 Å². The number of aliphatic hydroxyl groups is 1. The van der Waals surface area contributed by atoms with Crippen LogP contribution >= 0.6 is 0 Å². The van der Waals surface area contributed by atoms with Crippen molar-refractivity contribution in [3.8, 4) is 0 Å². The van der Waals surface area contributed by atoms with Gasteiger partial charge in [-0.05, 0) is 36.5 Å². The molecule has 0 aromatic heterocycles. The molecular weight excluding hydrogens is 336 g/mol. The van der Waals surface area contributed by atoms with E-state index in [0.717, 1.165) is 29.7 Å². The summed E-state index contributed by atoms with van der Waals surface area (Å²) in [5, 5.41) is 14.9. The molecule has 0 bridgehead atoms. The second-order valence-electron chi connectivity index (χ2n) is 8.35. The minimum atomic E-state index is -1.57. The lowest BCUT2D eigenvalue weighted by Gasteiger charge is -2.34. The Morgan fingerprint density at radius 1 is 1.00 bits per heavy atom. The summed E-state index contributed by atoms with van der Waals surface area (Å²) in [6, 6.07) is 18.5. The van der Waals surface area contributed by atoms with Crippen LogP contribution in [0.5, 0.6) is 0 Å². The summed E-state index contributed by atoms with van der Waals surface area (Å²) in [5.74, 6) is -0.151. The number of hydrogen-bond acceptors (Lipinski definition) is 3. The highest BCUT2D eigenvalue weighted by atomic mass is 16.3. The lowest BCUT2D eigenvalue weighted by molar-refractivity contribution is -0.144. The molecule has 2 atom stereocenters. The molecule has 0 spiro atoms. The first kappa shape index (κ1) is 16.8. The Bertz CT molecular complexity index is 862. The molecule has 1 aliphatic carbocycles. The molecule has 2 fully saturated rings. The van der Waals surface area contributed by atoms with Crippen LogP contribution in [0.25, 0.3) is 0 Å². The topological polar surface area (TPSA) is 52.6 Å². The zero-order valence-electron chi connectivity index (χ0n) is 15.5. The van der Waals surface area contributed by atoms with Gasteiger partial charge in [-0.2, -0.15) is 0 Å². The van der Waals surface area contributed by atoms with Gasteiger partial charge >= 0.3 is 0 Å². The van der Waals surface area contributed by atoms with Crippen molar-refractivity contribution in [2.45, 2.75) is 55.7 Å². The molecular formula is C23H26N2O2. The Labute approximate surface area is 160 Å². The number of likely N-dealkylation sites (tertiary alicyclic amines) is 1. The molecule has 2 N–H and O–H groups in total. The van der Waals surface area contributed by atoms with Crippen LogP contribution in [-0.4, -0.2) is 34.2 Å². The fraction of sp³-hybridized carbons (Fsp3) is 0.435. The van der Waals surface area contributed by atoms with E-state index in [2.05, 4.69) is 23.5 Å². The summed E-state index contributed by atoms with van der Waals surface area (Å²) in [4.78, 5) is 15.5. The zero-order valence-corrected chi connectivity index (χ0v) is 15.5. The number of anilines is 1. The van der Waals surface area contributed by atoms with Gasteiger partial charge in [0.25, 0.3) is 5.91 Å². The number of fused-ring (bicyclic) bond motifs is 3. The standard InChI is InChI=1S/C23H26N2O2/c26-21-23(27)22(15-17-9-3-1-4-10-17,19-13-7-8-14-20(19)24-23)16-25(21)18-11-5-2-6-12-18/h1,3-4,7-10,13-14,18,24,27H,2,5-6,11-12,15-16H2/t22-,23+/m0/s1. The first-order valence-electron chi connectivity index (χ1n) is 10.1. The van der Waals surface area contributed by atoms with Crippen LogP contribution in [-0.2, 0) is 16.6 Å². The summed E-state index contributed by atoms with van der Waals surface area (Å²) < 4.78 is 0. The Morgan fingerprint density at radius 3 is 2.48 bits per heavy atom. The van der Waals surface area contributed by atoms with Gasteiger partial charge < -0.3 is 15.3 Å². The van der Waals surface area contributed by atoms with Crippen molar-refractivity contribution in [3.63, 3.8) is 0 Å². The predicted molar refractivity (Wildman–Crippen MR) is 105 cm³/mol. The number of nitrogens with zero attached hydrogens (tertiary/aromatic N) is 1. The summed E-state index contributed by atoms with van der Waals surface area (Å²) in [7, 11) is 0. The molecule has 0 unspecified atom stereocenters. The monoisotopic (exact) mass is 362 g/mol. The second-order valence-corrected chi connectivity index (χ2v) is 8.35. The number of hydrogen-bond donors (Lipinski definition) is 2. The third-order valence-electron chi connectivity index (χ3n) is 6.83. The van der Waals surface area contributed by atoms with Crippen LogP contribution in [0.4, 0.5) is 5.69 Å². The van der Waals surface area contributed by atoms with Gasteiger partial charge in [-0.1, -0.05) is 67.8 Å². The molecule has 2 heterocycles. The number of carbonyl (C=O) groups excluding carboxylic acids is 1. The van der Waals surface area contributed by atoms with Crippen LogP contribution in [0.1, 0.15) is 43.2 Å². The average molecular weight is 362 g/mol. The SMILES string of the molecule is O=C1N(C2CCCCC2)C[C@@]2(Cc3ccccc3)c3ccccc3N[C@@]12O. The number of carbonyl (C=O) groups is 1. The predicted octanol–water partition coefficient (Wildman–Crippen LogP) is 3.46. The van der Waals surface area contributed by atoms with E-state index < -0.39 is 11.1 Å². The Morgan fingerprint density at radius 2 is 1.70 bits per heavy atom. The van der Waals surface area contributed by atoms with Gasteiger partial charge in [-0.15, -0.1) is 0 Å². The molecule has 5 rings (SSSR count). The number of para-hydroxylation sites is 1. The van der Waals surface area contributed by atoms with E-state index in [4.69, 9.17) is 0 Å². The van der Waals surface area contributed by atoms with Crippen molar-refractivity contribution in [3.05, 3.63) is 65.7 Å². The quantitative estimate of drug-likeness (QED) is 0.879. The third kappa shape index (κ3) is 2.36. The smallest absolute Gasteiger partial charge is 0.277 e. The maximum Gasteiger partial charge on any atom is 0.277 e. The van der Waals surface area contributed by atoms with Crippen LogP contribution in [0.3, 0.4) is 0 Å². The highest BCUT2D eigenvalue weighted by molar-refractivity contribution is 5.96. The molecule has 3 aliphatic rings. The van der Waals surface area contributed by atoms with Crippen molar-refractivity contribution in [1.29, 1.82) is 0 Å². The summed E-state index contributed by atoms with van der Waals surface area (Å²) >= 11 is 0. The fourth-order valence-electron chi connectivity index (χ4n) is 5.46. The van der Waals surface area contributed by atoms with Gasteiger partial charge in [-0.3, -0.25) is 4.79 Å².